The molecule has 23 heavy (non-hydrogen) atoms. The monoisotopic (exact) mass is 443 g/mol. The molecule has 0 aliphatic heterocycles. The van der Waals surface area contributed by atoms with Crippen LogP contribution >= 0.6 is 22.6 Å². The van der Waals surface area contributed by atoms with Crippen molar-refractivity contribution in [3.8, 4) is 5.75 Å². The molecule has 0 unspecified atom stereocenters. The van der Waals surface area contributed by atoms with Crippen molar-refractivity contribution in [1.82, 2.24) is 0 Å². The van der Waals surface area contributed by atoms with Gasteiger partial charge >= 0.3 is 0 Å². The third-order valence-corrected chi connectivity index (χ3v) is 5.87. The van der Waals surface area contributed by atoms with Crippen LogP contribution in [0.15, 0.2) is 60.0 Å². The Morgan fingerprint density at radius 1 is 1.22 bits per heavy atom. The van der Waals surface area contributed by atoms with Crippen LogP contribution < -0.4 is 9.04 Å². The molecule has 0 N–H and O–H groups in total. The van der Waals surface area contributed by atoms with Gasteiger partial charge in [0.2, 0.25) is 0 Å². The van der Waals surface area contributed by atoms with Crippen molar-refractivity contribution < 1.29 is 13.2 Å². The molecule has 2 rings (SSSR count). The average molecular weight is 443 g/mol. The molecule has 0 aliphatic carbocycles. The summed E-state index contributed by atoms with van der Waals surface area (Å²) < 4.78 is 33.6. The molecule has 0 aliphatic rings. The number of methoxy groups -OCH3 is 1. The maximum atomic E-state index is 13.0. The third kappa shape index (κ3) is 3.87. The van der Waals surface area contributed by atoms with E-state index < -0.39 is 10.0 Å². The maximum Gasteiger partial charge on any atom is 0.264 e. The van der Waals surface area contributed by atoms with E-state index in [0.717, 1.165) is 9.13 Å². The molecule has 0 heterocycles. The van der Waals surface area contributed by atoms with Gasteiger partial charge in [0.25, 0.3) is 10.0 Å². The lowest BCUT2D eigenvalue weighted by Crippen LogP contribution is -2.31. The van der Waals surface area contributed by atoms with Crippen LogP contribution in [0.5, 0.6) is 5.75 Å². The molecule has 2 aromatic rings. The van der Waals surface area contributed by atoms with Crippen molar-refractivity contribution in [2.75, 3.05) is 18.0 Å². The smallest absolute Gasteiger partial charge is 0.264 e. The Hall–Kier alpha value is -1.54. The van der Waals surface area contributed by atoms with E-state index in [4.69, 9.17) is 4.74 Å². The highest BCUT2D eigenvalue weighted by Crippen LogP contribution is 2.27. The largest absolute Gasteiger partial charge is 0.496 e. The van der Waals surface area contributed by atoms with Crippen LogP contribution in [0.4, 0.5) is 5.69 Å². The van der Waals surface area contributed by atoms with E-state index in [0.29, 0.717) is 11.4 Å². The molecule has 0 bridgehead atoms. The molecule has 0 spiro atoms. The number of hydrogen-bond donors (Lipinski definition) is 0. The Balaban J connectivity index is 2.50. The number of hydrogen-bond acceptors (Lipinski definition) is 3. The molecular weight excluding hydrogens is 425 g/mol. The lowest BCUT2D eigenvalue weighted by molar-refractivity contribution is 0.411. The van der Waals surface area contributed by atoms with Gasteiger partial charge in [-0.25, -0.2) is 8.42 Å². The summed E-state index contributed by atoms with van der Waals surface area (Å²) in [5.41, 5.74) is 1.38. The van der Waals surface area contributed by atoms with E-state index in [1.807, 2.05) is 19.1 Å². The van der Waals surface area contributed by atoms with Crippen LogP contribution in [-0.2, 0) is 10.0 Å². The van der Waals surface area contributed by atoms with Gasteiger partial charge in [-0.1, -0.05) is 6.08 Å². The number of ether oxygens (including phenoxy) is 1. The lowest BCUT2D eigenvalue weighted by Gasteiger charge is -2.23. The first kappa shape index (κ1) is 17.8. The first-order valence-electron chi connectivity index (χ1n) is 6.94. The fourth-order valence-corrected chi connectivity index (χ4v) is 4.09. The molecule has 6 heteroatoms. The Morgan fingerprint density at radius 2 is 1.87 bits per heavy atom. The van der Waals surface area contributed by atoms with E-state index >= 15 is 0 Å². The normalized spacial score (nSPS) is 11.1. The Labute approximate surface area is 151 Å². The van der Waals surface area contributed by atoms with E-state index in [9.17, 15) is 8.42 Å². The number of anilines is 1. The second-order valence-electron chi connectivity index (χ2n) is 4.93. The van der Waals surface area contributed by atoms with Crippen molar-refractivity contribution in [1.29, 1.82) is 0 Å². The number of halogens is 1. The molecule has 0 amide bonds. The number of nitrogens with zero attached hydrogens (tertiary/aromatic N) is 1. The molecule has 0 aromatic heterocycles. The molecule has 0 saturated carbocycles. The number of rotatable bonds is 6. The van der Waals surface area contributed by atoms with Gasteiger partial charge in [-0.3, -0.25) is 4.31 Å². The molecule has 122 valence electrons. The van der Waals surface area contributed by atoms with Gasteiger partial charge in [-0.05, 0) is 77.5 Å². The molecule has 0 radical (unpaired) electrons. The summed E-state index contributed by atoms with van der Waals surface area (Å²) >= 11 is 2.18. The number of sulfonamides is 1. The fraction of sp³-hybridized carbons (Fsp3) is 0.176. The summed E-state index contributed by atoms with van der Waals surface area (Å²) in [7, 11) is -2.11. The highest BCUT2D eigenvalue weighted by molar-refractivity contribution is 14.1. The summed E-state index contributed by atoms with van der Waals surface area (Å²) in [6.45, 7) is 5.69. The zero-order valence-corrected chi connectivity index (χ0v) is 16.0. The van der Waals surface area contributed by atoms with Crippen molar-refractivity contribution in [3.63, 3.8) is 0 Å². The zero-order chi connectivity index (χ0) is 17.0. The van der Waals surface area contributed by atoms with Crippen LogP contribution in [0.1, 0.15) is 5.56 Å². The predicted molar refractivity (Wildman–Crippen MR) is 102 cm³/mol. The summed E-state index contributed by atoms with van der Waals surface area (Å²) in [5, 5.41) is 0. The summed E-state index contributed by atoms with van der Waals surface area (Å²) in [4.78, 5) is 0.233. The minimum absolute atomic E-state index is 0.202. The van der Waals surface area contributed by atoms with Gasteiger partial charge in [0, 0.05) is 3.57 Å². The molecule has 2 aromatic carbocycles. The fourth-order valence-electron chi connectivity index (χ4n) is 2.21. The predicted octanol–water partition coefficient (Wildman–Crippen LogP) is 3.99. The van der Waals surface area contributed by atoms with Crippen LogP contribution in [0.3, 0.4) is 0 Å². The van der Waals surface area contributed by atoms with Crippen LogP contribution in [-0.4, -0.2) is 22.1 Å². The minimum atomic E-state index is -3.67. The highest BCUT2D eigenvalue weighted by Gasteiger charge is 2.24. The highest BCUT2D eigenvalue weighted by atomic mass is 127. The Morgan fingerprint density at radius 3 is 2.39 bits per heavy atom. The lowest BCUT2D eigenvalue weighted by atomic mass is 10.2. The average Bonchev–Trinajstić information content (AvgIpc) is 2.53. The second-order valence-corrected chi connectivity index (χ2v) is 8.04. The maximum absolute atomic E-state index is 13.0. The van der Waals surface area contributed by atoms with Crippen molar-refractivity contribution >= 4 is 38.3 Å². The van der Waals surface area contributed by atoms with Gasteiger partial charge in [0.15, 0.2) is 0 Å². The summed E-state index contributed by atoms with van der Waals surface area (Å²) in [6.07, 6.45) is 1.58. The first-order valence-corrected chi connectivity index (χ1v) is 9.46. The number of aryl methyl sites for hydroxylation is 1. The molecule has 0 atom stereocenters. The molecule has 4 nitrogen and oxygen atoms in total. The van der Waals surface area contributed by atoms with Crippen molar-refractivity contribution in [2.45, 2.75) is 11.8 Å². The summed E-state index contributed by atoms with van der Waals surface area (Å²) in [5.74, 6) is 0.661. The zero-order valence-electron chi connectivity index (χ0n) is 13.0. The van der Waals surface area contributed by atoms with Crippen LogP contribution in [0.25, 0.3) is 0 Å². The first-order chi connectivity index (χ1) is 10.9. The molecule has 0 saturated heterocycles. The molecule has 0 fully saturated rings. The summed E-state index contributed by atoms with van der Waals surface area (Å²) in [6, 6.07) is 12.2. The van der Waals surface area contributed by atoms with Gasteiger partial charge < -0.3 is 4.74 Å². The van der Waals surface area contributed by atoms with E-state index in [2.05, 4.69) is 29.2 Å². The quantitative estimate of drug-likeness (QED) is 0.501. The van der Waals surface area contributed by atoms with Gasteiger partial charge in [0.1, 0.15) is 5.75 Å². The van der Waals surface area contributed by atoms with Gasteiger partial charge in [-0.2, -0.15) is 0 Å². The van der Waals surface area contributed by atoms with Crippen LogP contribution in [0, 0.1) is 10.5 Å². The van der Waals surface area contributed by atoms with Crippen molar-refractivity contribution in [2.24, 2.45) is 0 Å². The van der Waals surface area contributed by atoms with E-state index in [1.54, 1.807) is 43.5 Å². The third-order valence-electron chi connectivity index (χ3n) is 3.36. The Kier molecular flexibility index (Phi) is 5.69. The number of benzene rings is 2. The Bertz CT molecular complexity index is 801. The van der Waals surface area contributed by atoms with Crippen LogP contribution in [0.2, 0.25) is 0 Å². The molecular formula is C17H18INO3S. The SMILES string of the molecule is C=CCN(c1ccc(I)cc1)S(=O)(=O)c1ccc(OC)c(C)c1. The second kappa shape index (κ2) is 7.35. The van der Waals surface area contributed by atoms with Gasteiger partial charge in [0.05, 0.1) is 24.2 Å². The topological polar surface area (TPSA) is 46.6 Å². The van der Waals surface area contributed by atoms with E-state index in [1.165, 1.54) is 4.31 Å². The standard InChI is InChI=1S/C17H18INO3S/c1-4-11-19(15-7-5-14(18)6-8-15)23(20,21)16-9-10-17(22-3)13(2)12-16/h4-10,12H,1,11H2,2-3H3. The van der Waals surface area contributed by atoms with E-state index in [-0.39, 0.29) is 11.4 Å². The van der Waals surface area contributed by atoms with Crippen molar-refractivity contribution in [3.05, 3.63) is 64.3 Å². The van der Waals surface area contributed by atoms with Gasteiger partial charge in [-0.15, -0.1) is 6.58 Å². The minimum Gasteiger partial charge on any atom is -0.496 e.